The van der Waals surface area contributed by atoms with Gasteiger partial charge < -0.3 is 9.50 Å². The van der Waals surface area contributed by atoms with Gasteiger partial charge in [0.15, 0.2) is 0 Å². The van der Waals surface area contributed by atoms with Crippen molar-refractivity contribution in [2.45, 2.75) is 32.6 Å². The number of carbonyl (C=O) groups excluding carboxylic acids is 1. The zero-order chi connectivity index (χ0) is 9.23. The van der Waals surface area contributed by atoms with E-state index in [4.69, 9.17) is 0 Å². The van der Waals surface area contributed by atoms with Crippen LogP contribution in [0.2, 0.25) is 0 Å². The molecule has 0 aromatic carbocycles. The molecule has 0 fully saturated rings. The summed E-state index contributed by atoms with van der Waals surface area (Å²) in [6, 6.07) is 0. The van der Waals surface area contributed by atoms with E-state index in [-0.39, 0.29) is 5.91 Å². The van der Waals surface area contributed by atoms with Crippen LogP contribution in [0.4, 0.5) is 0 Å². The molecule has 0 saturated heterocycles. The summed E-state index contributed by atoms with van der Waals surface area (Å²) >= 11 is 3.60. The van der Waals surface area contributed by atoms with Crippen molar-refractivity contribution in [2.24, 2.45) is 0 Å². The van der Waals surface area contributed by atoms with Crippen molar-refractivity contribution in [3.8, 4) is 0 Å². The van der Waals surface area contributed by atoms with E-state index in [0.29, 0.717) is 13.0 Å². The number of carbonyl (C=O) groups is 1. The van der Waals surface area contributed by atoms with Crippen LogP contribution in [0.5, 0.6) is 0 Å². The highest BCUT2D eigenvalue weighted by Crippen LogP contribution is 1.96. The van der Waals surface area contributed by atoms with Gasteiger partial charge in [-0.3, -0.25) is 4.79 Å². The van der Waals surface area contributed by atoms with Crippen LogP contribution < -0.4 is 5.32 Å². The van der Waals surface area contributed by atoms with Crippen LogP contribution in [0.25, 0.3) is 0 Å². The minimum atomic E-state index is 0.135. The van der Waals surface area contributed by atoms with Gasteiger partial charge in [0.25, 0.3) is 0 Å². The number of hydrogen-bond acceptors (Lipinski definition) is 3. The van der Waals surface area contributed by atoms with Gasteiger partial charge in [-0.2, -0.15) is 0 Å². The minimum Gasteiger partial charge on any atom is -0.356 e. The first-order valence-electron chi connectivity index (χ1n) is 4.34. The molecule has 12 heavy (non-hydrogen) atoms. The van der Waals surface area contributed by atoms with Gasteiger partial charge >= 0.3 is 0 Å². The Morgan fingerprint density at radius 3 is 2.83 bits per heavy atom. The average molecular weight is 191 g/mol. The molecule has 0 atom stereocenters. The number of nitrogens with one attached hydrogen (secondary N) is 1. The molecule has 72 valence electrons. The molecule has 0 rings (SSSR count). The molecule has 0 heterocycles. The summed E-state index contributed by atoms with van der Waals surface area (Å²) in [5.74, 6) is 0.135. The molecule has 0 aromatic heterocycles. The topological polar surface area (TPSA) is 38.3 Å². The molecule has 0 saturated carbocycles. The van der Waals surface area contributed by atoms with E-state index in [1.165, 1.54) is 0 Å². The second kappa shape index (κ2) is 8.87. The van der Waals surface area contributed by atoms with E-state index >= 15 is 0 Å². The van der Waals surface area contributed by atoms with Crippen LogP contribution in [0.3, 0.4) is 0 Å². The lowest BCUT2D eigenvalue weighted by atomic mass is 10.2. The van der Waals surface area contributed by atoms with Gasteiger partial charge in [0.2, 0.25) is 5.91 Å². The van der Waals surface area contributed by atoms with Gasteiger partial charge in [-0.05, 0) is 32.2 Å². The van der Waals surface area contributed by atoms with Gasteiger partial charge in [-0.15, -0.1) is 0 Å². The van der Waals surface area contributed by atoms with Crippen LogP contribution >= 0.6 is 12.9 Å². The highest BCUT2D eigenvalue weighted by molar-refractivity contribution is 7.75. The number of hydrogen-bond donors (Lipinski definition) is 2. The maximum Gasteiger partial charge on any atom is 0.219 e. The van der Waals surface area contributed by atoms with Crippen molar-refractivity contribution < 1.29 is 8.98 Å². The van der Waals surface area contributed by atoms with E-state index in [1.54, 1.807) is 0 Å². The first kappa shape index (κ1) is 11.8. The summed E-state index contributed by atoms with van der Waals surface area (Å²) in [6.07, 6.45) is 3.35. The molecule has 0 aliphatic carbocycles. The van der Waals surface area contributed by atoms with Crippen molar-refractivity contribution in [3.05, 3.63) is 0 Å². The zero-order valence-corrected chi connectivity index (χ0v) is 8.40. The predicted octanol–water partition coefficient (Wildman–Crippen LogP) is 1.54. The van der Waals surface area contributed by atoms with Crippen molar-refractivity contribution >= 4 is 18.8 Å². The van der Waals surface area contributed by atoms with Crippen molar-refractivity contribution in [1.82, 2.24) is 5.32 Å². The fourth-order valence-electron chi connectivity index (χ4n) is 0.805. The van der Waals surface area contributed by atoms with Gasteiger partial charge in [0.05, 0.1) is 6.61 Å². The standard InChI is InChI=1S/C8H17NO2S/c1-2-6-9-8(10)5-3-4-7-11-12/h12H,2-7H2,1H3,(H,9,10). The Labute approximate surface area is 79.5 Å². The number of rotatable bonds is 7. The number of thiol groups is 1. The molecule has 0 aliphatic heterocycles. The Morgan fingerprint density at radius 1 is 1.50 bits per heavy atom. The molecular weight excluding hydrogens is 174 g/mol. The van der Waals surface area contributed by atoms with E-state index in [0.717, 1.165) is 25.8 Å². The quantitative estimate of drug-likeness (QED) is 0.364. The highest BCUT2D eigenvalue weighted by Gasteiger charge is 1.98. The molecular formula is C8H17NO2S. The first-order valence-corrected chi connectivity index (χ1v) is 4.70. The van der Waals surface area contributed by atoms with Gasteiger partial charge in [0.1, 0.15) is 0 Å². The van der Waals surface area contributed by atoms with Crippen molar-refractivity contribution in [1.29, 1.82) is 0 Å². The summed E-state index contributed by atoms with van der Waals surface area (Å²) in [5, 5.41) is 2.81. The molecule has 0 spiro atoms. The second-order valence-corrected chi connectivity index (χ2v) is 2.90. The third-order valence-electron chi connectivity index (χ3n) is 1.46. The smallest absolute Gasteiger partial charge is 0.219 e. The predicted molar refractivity (Wildman–Crippen MR) is 52.1 cm³/mol. The Balaban J connectivity index is 3.08. The maximum absolute atomic E-state index is 11.0. The van der Waals surface area contributed by atoms with Gasteiger partial charge in [-0.1, -0.05) is 6.92 Å². The molecule has 0 bridgehead atoms. The third-order valence-corrected chi connectivity index (χ3v) is 1.64. The molecule has 0 aliphatic rings. The maximum atomic E-state index is 11.0. The number of unbranched alkanes of at least 4 members (excludes halogenated alkanes) is 1. The molecule has 1 N–H and O–H groups in total. The summed E-state index contributed by atoms with van der Waals surface area (Å²) < 4.78 is 4.57. The summed E-state index contributed by atoms with van der Waals surface area (Å²) in [7, 11) is 0. The Bertz CT molecular complexity index is 120. The molecule has 4 heteroatoms. The van der Waals surface area contributed by atoms with Crippen LogP contribution in [0.15, 0.2) is 0 Å². The number of amides is 1. The third kappa shape index (κ3) is 7.88. The normalized spacial score (nSPS) is 9.83. The molecule has 0 radical (unpaired) electrons. The lowest BCUT2D eigenvalue weighted by molar-refractivity contribution is -0.121. The summed E-state index contributed by atoms with van der Waals surface area (Å²) in [4.78, 5) is 11.0. The van der Waals surface area contributed by atoms with Crippen LogP contribution in [-0.4, -0.2) is 19.1 Å². The SMILES string of the molecule is CCCNC(=O)CCCCOS. The Morgan fingerprint density at radius 2 is 2.25 bits per heavy atom. The van der Waals surface area contributed by atoms with E-state index in [9.17, 15) is 4.79 Å². The molecule has 3 nitrogen and oxygen atoms in total. The lowest BCUT2D eigenvalue weighted by Crippen LogP contribution is -2.23. The fraction of sp³-hybridized carbons (Fsp3) is 0.875. The Kier molecular flexibility index (Phi) is 8.71. The summed E-state index contributed by atoms with van der Waals surface area (Å²) in [6.45, 7) is 3.43. The van der Waals surface area contributed by atoms with Crippen LogP contribution in [0, 0.1) is 0 Å². The summed E-state index contributed by atoms with van der Waals surface area (Å²) in [5.41, 5.74) is 0. The highest BCUT2D eigenvalue weighted by atomic mass is 32.1. The molecule has 1 amide bonds. The zero-order valence-electron chi connectivity index (χ0n) is 7.51. The second-order valence-electron chi connectivity index (χ2n) is 2.64. The first-order chi connectivity index (χ1) is 5.81. The van der Waals surface area contributed by atoms with Gasteiger partial charge in [-0.25, -0.2) is 0 Å². The monoisotopic (exact) mass is 191 g/mol. The Hall–Kier alpha value is -0.220. The van der Waals surface area contributed by atoms with Crippen molar-refractivity contribution in [3.63, 3.8) is 0 Å². The minimum absolute atomic E-state index is 0.135. The lowest BCUT2D eigenvalue weighted by Gasteiger charge is -2.02. The molecule has 0 aromatic rings. The van der Waals surface area contributed by atoms with Crippen molar-refractivity contribution in [2.75, 3.05) is 13.2 Å². The fourth-order valence-corrected chi connectivity index (χ4v) is 0.934. The largest absolute Gasteiger partial charge is 0.356 e. The van der Waals surface area contributed by atoms with Gasteiger partial charge in [0, 0.05) is 13.0 Å². The van der Waals surface area contributed by atoms with E-state index in [2.05, 4.69) is 22.4 Å². The van der Waals surface area contributed by atoms with Crippen LogP contribution in [-0.2, 0) is 8.98 Å². The molecule has 0 unspecified atom stereocenters. The average Bonchev–Trinajstić information content (AvgIpc) is 2.09. The van der Waals surface area contributed by atoms with E-state index in [1.807, 2.05) is 6.92 Å². The van der Waals surface area contributed by atoms with E-state index < -0.39 is 0 Å². The van der Waals surface area contributed by atoms with Crippen LogP contribution in [0.1, 0.15) is 32.6 Å².